The maximum Gasteiger partial charge on any atom is 0.323 e. The van der Waals surface area contributed by atoms with Crippen molar-refractivity contribution in [2.45, 2.75) is 32.7 Å². The zero-order chi connectivity index (χ0) is 17.8. The lowest BCUT2D eigenvalue weighted by molar-refractivity contribution is -0.137. The molecule has 0 aliphatic heterocycles. The molecule has 0 atom stereocenters. The van der Waals surface area contributed by atoms with Gasteiger partial charge in [0.15, 0.2) is 5.82 Å². The van der Waals surface area contributed by atoms with Crippen molar-refractivity contribution in [1.82, 2.24) is 14.7 Å². The van der Waals surface area contributed by atoms with Crippen LogP contribution >= 0.6 is 0 Å². The molecule has 0 saturated heterocycles. The zero-order valence-electron chi connectivity index (χ0n) is 13.7. The van der Waals surface area contributed by atoms with Crippen molar-refractivity contribution in [1.29, 1.82) is 0 Å². The van der Waals surface area contributed by atoms with Gasteiger partial charge in [0.2, 0.25) is 11.8 Å². The van der Waals surface area contributed by atoms with Gasteiger partial charge < -0.3 is 19.5 Å². The molecule has 2 aromatic heterocycles. The highest BCUT2D eigenvalue weighted by molar-refractivity contribution is 5.94. The molecule has 25 heavy (non-hydrogen) atoms. The second-order valence-electron chi connectivity index (χ2n) is 5.75. The monoisotopic (exact) mass is 342 g/mol. The number of carboxylic acid groups (broad SMARTS) is 1. The number of carboxylic acids is 1. The number of amides is 1. The highest BCUT2D eigenvalue weighted by Gasteiger charge is 2.08. The van der Waals surface area contributed by atoms with Crippen molar-refractivity contribution in [3.05, 3.63) is 42.2 Å². The first-order valence-electron chi connectivity index (χ1n) is 7.91. The number of nitrogens with zero attached hydrogens (tertiary/aromatic N) is 3. The van der Waals surface area contributed by atoms with E-state index in [2.05, 4.69) is 15.5 Å². The van der Waals surface area contributed by atoms with Gasteiger partial charge in [-0.25, -0.2) is 0 Å². The lowest BCUT2D eigenvalue weighted by Gasteiger charge is -2.06. The molecule has 0 bridgehead atoms. The van der Waals surface area contributed by atoms with E-state index in [-0.39, 0.29) is 12.5 Å². The highest BCUT2D eigenvalue weighted by Crippen LogP contribution is 2.21. The van der Waals surface area contributed by atoms with E-state index in [1.165, 1.54) is 0 Å². The Hall–Kier alpha value is -3.16. The van der Waals surface area contributed by atoms with E-state index in [4.69, 9.17) is 9.63 Å². The number of carbonyl (C=O) groups excluding carboxylic acids is 1. The van der Waals surface area contributed by atoms with Gasteiger partial charge in [0, 0.05) is 35.6 Å². The van der Waals surface area contributed by atoms with Gasteiger partial charge in [0.05, 0.1) is 0 Å². The molecule has 3 rings (SSSR count). The van der Waals surface area contributed by atoms with Crippen LogP contribution in [0.4, 0.5) is 5.69 Å². The first-order chi connectivity index (χ1) is 12.0. The van der Waals surface area contributed by atoms with Crippen LogP contribution < -0.4 is 5.32 Å². The van der Waals surface area contributed by atoms with Crippen molar-refractivity contribution in [2.24, 2.45) is 0 Å². The zero-order valence-corrected chi connectivity index (χ0v) is 13.7. The highest BCUT2D eigenvalue weighted by atomic mass is 16.5. The summed E-state index contributed by atoms with van der Waals surface area (Å²) in [5.74, 6) is 0.126. The average molecular weight is 342 g/mol. The van der Waals surface area contributed by atoms with Crippen LogP contribution in [0.2, 0.25) is 0 Å². The van der Waals surface area contributed by atoms with Crippen molar-refractivity contribution in [2.75, 3.05) is 5.32 Å². The Morgan fingerprint density at radius 1 is 1.32 bits per heavy atom. The topological polar surface area (TPSA) is 110 Å². The summed E-state index contributed by atoms with van der Waals surface area (Å²) in [6.45, 7) is 1.66. The number of nitrogens with one attached hydrogen (secondary N) is 1. The van der Waals surface area contributed by atoms with Gasteiger partial charge in [-0.1, -0.05) is 5.16 Å². The van der Waals surface area contributed by atoms with Crippen LogP contribution in [-0.2, 0) is 22.6 Å². The number of hydrogen-bond donors (Lipinski definition) is 2. The molecule has 1 aromatic carbocycles. The molecule has 0 unspecified atom stereocenters. The molecular formula is C17H18N4O4. The standard InChI is InChI=1S/C17H18N4O4/c1-11-18-16(25-20-11)4-2-3-15(22)19-13-5-6-14-12(9-13)7-8-21(14)10-17(23)24/h5-9H,2-4,10H2,1H3,(H,19,22)(H,23,24). The lowest BCUT2D eigenvalue weighted by Crippen LogP contribution is -2.11. The maximum absolute atomic E-state index is 12.0. The summed E-state index contributed by atoms with van der Waals surface area (Å²) in [5.41, 5.74) is 1.49. The molecule has 0 aliphatic rings. The summed E-state index contributed by atoms with van der Waals surface area (Å²) >= 11 is 0. The van der Waals surface area contributed by atoms with Gasteiger partial charge in [0.25, 0.3) is 0 Å². The van der Waals surface area contributed by atoms with Crippen molar-refractivity contribution in [3.8, 4) is 0 Å². The van der Waals surface area contributed by atoms with E-state index in [1.54, 1.807) is 29.8 Å². The van der Waals surface area contributed by atoms with E-state index in [0.29, 0.717) is 36.7 Å². The minimum absolute atomic E-state index is 0.0929. The molecule has 3 aromatic rings. The third-order valence-corrected chi connectivity index (χ3v) is 3.72. The summed E-state index contributed by atoms with van der Waals surface area (Å²) in [6.07, 6.45) is 3.24. The Morgan fingerprint density at radius 3 is 2.88 bits per heavy atom. The van der Waals surface area contributed by atoms with E-state index in [1.807, 2.05) is 12.1 Å². The molecule has 0 radical (unpaired) electrons. The molecule has 0 spiro atoms. The lowest BCUT2D eigenvalue weighted by atomic mass is 10.2. The SMILES string of the molecule is Cc1noc(CCCC(=O)Nc2ccc3c(ccn3CC(=O)O)c2)n1. The van der Waals surface area contributed by atoms with Gasteiger partial charge in [-0.15, -0.1) is 0 Å². The van der Waals surface area contributed by atoms with Crippen LogP contribution in [0.25, 0.3) is 10.9 Å². The Kier molecular flexibility index (Phi) is 4.78. The Morgan fingerprint density at radius 2 is 2.16 bits per heavy atom. The Balaban J connectivity index is 1.56. The average Bonchev–Trinajstić information content (AvgIpc) is 3.13. The molecular weight excluding hydrogens is 324 g/mol. The number of aliphatic carboxylic acids is 1. The number of anilines is 1. The second-order valence-corrected chi connectivity index (χ2v) is 5.75. The number of aryl methyl sites for hydroxylation is 2. The van der Waals surface area contributed by atoms with Gasteiger partial charge in [0.1, 0.15) is 6.54 Å². The Labute approximate surface area is 143 Å². The van der Waals surface area contributed by atoms with Crippen molar-refractivity contribution < 1.29 is 19.2 Å². The molecule has 0 saturated carbocycles. The molecule has 8 nitrogen and oxygen atoms in total. The van der Waals surface area contributed by atoms with Crippen LogP contribution in [0, 0.1) is 6.92 Å². The summed E-state index contributed by atoms with van der Waals surface area (Å²) < 4.78 is 6.65. The predicted molar refractivity (Wildman–Crippen MR) is 90.2 cm³/mol. The number of rotatable bonds is 7. The second kappa shape index (κ2) is 7.16. The third kappa shape index (κ3) is 4.23. The van der Waals surface area contributed by atoms with E-state index in [9.17, 15) is 9.59 Å². The van der Waals surface area contributed by atoms with Crippen molar-refractivity contribution in [3.63, 3.8) is 0 Å². The number of aromatic nitrogens is 3. The molecule has 130 valence electrons. The molecule has 0 fully saturated rings. The number of carbonyl (C=O) groups is 2. The van der Waals surface area contributed by atoms with Crippen LogP contribution in [0.5, 0.6) is 0 Å². The quantitative estimate of drug-likeness (QED) is 0.682. The first-order valence-corrected chi connectivity index (χ1v) is 7.91. The van der Waals surface area contributed by atoms with Crippen molar-refractivity contribution >= 4 is 28.5 Å². The van der Waals surface area contributed by atoms with Gasteiger partial charge >= 0.3 is 5.97 Å². The first kappa shape index (κ1) is 16.7. The van der Waals surface area contributed by atoms with Crippen LogP contribution in [0.3, 0.4) is 0 Å². The molecule has 8 heteroatoms. The summed E-state index contributed by atoms with van der Waals surface area (Å²) in [7, 11) is 0. The fourth-order valence-corrected chi connectivity index (χ4v) is 2.63. The van der Waals surface area contributed by atoms with Crippen LogP contribution in [0.1, 0.15) is 24.6 Å². The molecule has 2 N–H and O–H groups in total. The van der Waals surface area contributed by atoms with Gasteiger partial charge in [-0.3, -0.25) is 9.59 Å². The molecule has 0 aliphatic carbocycles. The Bertz CT molecular complexity index is 912. The van der Waals surface area contributed by atoms with E-state index >= 15 is 0 Å². The number of benzene rings is 1. The maximum atomic E-state index is 12.0. The molecule has 1 amide bonds. The smallest absolute Gasteiger partial charge is 0.323 e. The largest absolute Gasteiger partial charge is 0.480 e. The number of hydrogen-bond acceptors (Lipinski definition) is 5. The van der Waals surface area contributed by atoms with Crippen LogP contribution in [0.15, 0.2) is 35.0 Å². The minimum Gasteiger partial charge on any atom is -0.480 e. The third-order valence-electron chi connectivity index (χ3n) is 3.72. The summed E-state index contributed by atoms with van der Waals surface area (Å²) in [5, 5.41) is 16.3. The fourth-order valence-electron chi connectivity index (χ4n) is 2.63. The fraction of sp³-hybridized carbons (Fsp3) is 0.294. The predicted octanol–water partition coefficient (Wildman–Crippen LogP) is 2.38. The van der Waals surface area contributed by atoms with Gasteiger partial charge in [-0.05, 0) is 37.6 Å². The number of fused-ring (bicyclic) bond motifs is 1. The van der Waals surface area contributed by atoms with Crippen LogP contribution in [-0.4, -0.2) is 31.7 Å². The minimum atomic E-state index is -0.897. The summed E-state index contributed by atoms with van der Waals surface area (Å²) in [4.78, 5) is 27.0. The normalized spacial score (nSPS) is 10.9. The van der Waals surface area contributed by atoms with Gasteiger partial charge in [-0.2, -0.15) is 4.98 Å². The molecule has 2 heterocycles. The van der Waals surface area contributed by atoms with E-state index in [0.717, 1.165) is 10.9 Å². The summed E-state index contributed by atoms with van der Waals surface area (Å²) in [6, 6.07) is 7.22. The van der Waals surface area contributed by atoms with E-state index < -0.39 is 5.97 Å².